The Kier molecular flexibility index (Phi) is 10.3. The maximum Gasteiger partial charge on any atom is 0.179 e. The number of rotatable bonds is 5. The Morgan fingerprint density at radius 2 is 2.00 bits per heavy atom. The Balaban J connectivity index is 0.00000220. The van der Waals surface area contributed by atoms with Gasteiger partial charge in [0.2, 0.25) is 0 Å². The van der Waals surface area contributed by atoms with E-state index in [1.807, 2.05) is 6.08 Å². The Morgan fingerprint density at radius 3 is 2.59 bits per heavy atom. The maximum absolute atomic E-state index is 13.9. The molecule has 22 heavy (non-hydrogen) atoms. The highest BCUT2D eigenvalue weighted by Gasteiger charge is 2.25. The number of phenolic OH excluding ortho intramolecular Hbond substituents is 1. The number of aromatic hydroxyl groups is 1. The molecule has 7 heteroatoms. The number of piperazine rings is 1. The highest BCUT2D eigenvalue weighted by Crippen LogP contribution is 2.36. The van der Waals surface area contributed by atoms with Crippen molar-refractivity contribution in [3.8, 4) is 5.75 Å². The van der Waals surface area contributed by atoms with Crippen molar-refractivity contribution in [2.75, 3.05) is 26.2 Å². The van der Waals surface area contributed by atoms with Gasteiger partial charge in [0, 0.05) is 37.8 Å². The van der Waals surface area contributed by atoms with Gasteiger partial charge in [0.25, 0.3) is 0 Å². The molecular formula is C15H22BrCl2FN2O. The van der Waals surface area contributed by atoms with Crippen LogP contribution in [-0.2, 0) is 0 Å². The molecule has 1 aromatic carbocycles. The van der Waals surface area contributed by atoms with E-state index >= 15 is 0 Å². The van der Waals surface area contributed by atoms with E-state index in [0.717, 1.165) is 39.0 Å². The number of hydrogen-bond donors (Lipinski definition) is 2. The summed E-state index contributed by atoms with van der Waals surface area (Å²) in [6.45, 7) is 7.40. The van der Waals surface area contributed by atoms with Crippen LogP contribution in [0.1, 0.15) is 24.4 Å². The monoisotopic (exact) mass is 414 g/mol. The summed E-state index contributed by atoms with van der Waals surface area (Å²) in [5.74, 6) is -0.826. The third-order valence-corrected chi connectivity index (χ3v) is 4.31. The van der Waals surface area contributed by atoms with E-state index in [-0.39, 0.29) is 36.6 Å². The molecule has 0 saturated carbocycles. The van der Waals surface area contributed by atoms with Crippen LogP contribution in [0.25, 0.3) is 0 Å². The summed E-state index contributed by atoms with van der Waals surface area (Å²) in [6.07, 6.45) is 3.53. The summed E-state index contributed by atoms with van der Waals surface area (Å²) in [5, 5.41) is 13.4. The molecule has 0 radical (unpaired) electrons. The first-order valence-corrected chi connectivity index (χ1v) is 7.67. The molecule has 1 aromatic rings. The van der Waals surface area contributed by atoms with E-state index in [2.05, 4.69) is 32.7 Å². The molecule has 1 atom stereocenters. The first-order chi connectivity index (χ1) is 9.65. The summed E-state index contributed by atoms with van der Waals surface area (Å²) in [4.78, 5) is 2.29. The van der Waals surface area contributed by atoms with Crippen molar-refractivity contribution >= 4 is 40.7 Å². The van der Waals surface area contributed by atoms with Crippen LogP contribution in [0.15, 0.2) is 29.3 Å². The van der Waals surface area contributed by atoms with Gasteiger partial charge in [-0.25, -0.2) is 4.39 Å². The van der Waals surface area contributed by atoms with Gasteiger partial charge in [0.05, 0.1) is 4.47 Å². The molecule has 1 aliphatic heterocycles. The summed E-state index contributed by atoms with van der Waals surface area (Å²) < 4.78 is 14.2. The zero-order valence-corrected chi connectivity index (χ0v) is 15.4. The van der Waals surface area contributed by atoms with Gasteiger partial charge in [-0.3, -0.25) is 4.90 Å². The van der Waals surface area contributed by atoms with Gasteiger partial charge in [-0.1, -0.05) is 12.1 Å². The molecule has 0 unspecified atom stereocenters. The SMILES string of the molecule is C=CCC[C@@H](c1ccc(Br)c(F)c1O)N1CCNCC1.Cl.Cl. The van der Waals surface area contributed by atoms with Crippen LogP contribution >= 0.6 is 40.7 Å². The highest BCUT2D eigenvalue weighted by molar-refractivity contribution is 9.10. The molecule has 0 aromatic heterocycles. The molecule has 0 spiro atoms. The van der Waals surface area contributed by atoms with Crippen LogP contribution in [0.2, 0.25) is 0 Å². The minimum atomic E-state index is -0.582. The molecule has 1 heterocycles. The Hall–Kier alpha value is -0.330. The van der Waals surface area contributed by atoms with E-state index in [1.54, 1.807) is 12.1 Å². The van der Waals surface area contributed by atoms with Crippen molar-refractivity contribution in [2.45, 2.75) is 18.9 Å². The zero-order chi connectivity index (χ0) is 14.5. The normalized spacial score (nSPS) is 16.3. The lowest BCUT2D eigenvalue weighted by Gasteiger charge is -2.35. The number of allylic oxidation sites excluding steroid dienone is 1. The lowest BCUT2D eigenvalue weighted by Crippen LogP contribution is -2.45. The Bertz CT molecular complexity index is 485. The van der Waals surface area contributed by atoms with Crippen LogP contribution in [0.5, 0.6) is 5.75 Å². The topological polar surface area (TPSA) is 35.5 Å². The average molecular weight is 416 g/mol. The highest BCUT2D eigenvalue weighted by atomic mass is 79.9. The fourth-order valence-corrected chi connectivity index (χ4v) is 2.95. The third-order valence-electron chi connectivity index (χ3n) is 3.70. The number of phenols is 1. The average Bonchev–Trinajstić information content (AvgIpc) is 2.48. The maximum atomic E-state index is 13.9. The molecule has 3 nitrogen and oxygen atoms in total. The van der Waals surface area contributed by atoms with Gasteiger partial charge < -0.3 is 10.4 Å². The van der Waals surface area contributed by atoms with E-state index in [9.17, 15) is 9.50 Å². The van der Waals surface area contributed by atoms with E-state index in [0.29, 0.717) is 10.0 Å². The molecule has 2 N–H and O–H groups in total. The van der Waals surface area contributed by atoms with Gasteiger partial charge in [-0.05, 0) is 34.8 Å². The second-order valence-corrected chi connectivity index (χ2v) is 5.82. The molecule has 1 fully saturated rings. The van der Waals surface area contributed by atoms with Gasteiger partial charge in [0.15, 0.2) is 11.6 Å². The Labute approximate surface area is 151 Å². The Morgan fingerprint density at radius 1 is 1.36 bits per heavy atom. The lowest BCUT2D eigenvalue weighted by atomic mass is 9.98. The van der Waals surface area contributed by atoms with E-state index in [4.69, 9.17) is 0 Å². The minimum Gasteiger partial charge on any atom is -0.505 e. The van der Waals surface area contributed by atoms with Crippen molar-refractivity contribution in [2.24, 2.45) is 0 Å². The molecule has 126 valence electrons. The predicted molar refractivity (Wildman–Crippen MR) is 96.9 cm³/mol. The van der Waals surface area contributed by atoms with Crippen LogP contribution in [-0.4, -0.2) is 36.2 Å². The molecule has 0 aliphatic carbocycles. The van der Waals surface area contributed by atoms with Gasteiger partial charge in [-0.2, -0.15) is 0 Å². The molecule has 1 aliphatic rings. The molecular weight excluding hydrogens is 394 g/mol. The fourth-order valence-electron chi connectivity index (χ4n) is 2.63. The smallest absolute Gasteiger partial charge is 0.179 e. The van der Waals surface area contributed by atoms with Gasteiger partial charge in [0.1, 0.15) is 0 Å². The van der Waals surface area contributed by atoms with Gasteiger partial charge >= 0.3 is 0 Å². The third kappa shape index (κ3) is 5.10. The van der Waals surface area contributed by atoms with Crippen molar-refractivity contribution < 1.29 is 9.50 Å². The van der Waals surface area contributed by atoms with Crippen LogP contribution < -0.4 is 5.32 Å². The van der Waals surface area contributed by atoms with Crippen molar-refractivity contribution in [3.05, 3.63) is 40.6 Å². The predicted octanol–water partition coefficient (Wildman–Crippen LogP) is 4.05. The van der Waals surface area contributed by atoms with Crippen LogP contribution in [0.3, 0.4) is 0 Å². The van der Waals surface area contributed by atoms with Crippen LogP contribution in [0.4, 0.5) is 4.39 Å². The second kappa shape index (κ2) is 10.4. The molecule has 0 bridgehead atoms. The quantitative estimate of drug-likeness (QED) is 0.712. The standard InChI is InChI=1S/C15H20BrFN2O.2ClH/c1-2-3-4-13(19-9-7-18-8-10-19)11-5-6-12(16)14(17)15(11)20;;/h2,5-6,13,18,20H,1,3-4,7-10H2;2*1H/t13-;;/m0../s1. The summed E-state index contributed by atoms with van der Waals surface area (Å²) >= 11 is 3.10. The minimum absolute atomic E-state index is 0. The number of halogens is 4. The van der Waals surface area contributed by atoms with Gasteiger partial charge in [-0.15, -0.1) is 31.4 Å². The largest absolute Gasteiger partial charge is 0.505 e. The summed E-state index contributed by atoms with van der Waals surface area (Å²) in [6, 6.07) is 3.49. The fraction of sp³-hybridized carbons (Fsp3) is 0.467. The molecule has 1 saturated heterocycles. The number of benzene rings is 1. The first kappa shape index (κ1) is 21.7. The summed E-state index contributed by atoms with van der Waals surface area (Å²) in [5.41, 5.74) is 0.662. The van der Waals surface area contributed by atoms with E-state index < -0.39 is 5.82 Å². The second-order valence-electron chi connectivity index (χ2n) is 4.97. The molecule has 0 amide bonds. The van der Waals surface area contributed by atoms with Crippen molar-refractivity contribution in [3.63, 3.8) is 0 Å². The summed E-state index contributed by atoms with van der Waals surface area (Å²) in [7, 11) is 0. The molecule has 2 rings (SSSR count). The number of nitrogens with zero attached hydrogens (tertiary/aromatic N) is 1. The van der Waals surface area contributed by atoms with E-state index in [1.165, 1.54) is 0 Å². The lowest BCUT2D eigenvalue weighted by molar-refractivity contribution is 0.163. The van der Waals surface area contributed by atoms with Crippen LogP contribution in [0, 0.1) is 5.82 Å². The number of hydrogen-bond acceptors (Lipinski definition) is 3. The number of nitrogens with one attached hydrogen (secondary N) is 1. The van der Waals surface area contributed by atoms with Crippen molar-refractivity contribution in [1.82, 2.24) is 10.2 Å². The zero-order valence-electron chi connectivity index (χ0n) is 12.2. The van der Waals surface area contributed by atoms with Crippen molar-refractivity contribution in [1.29, 1.82) is 0 Å². The first-order valence-electron chi connectivity index (χ1n) is 6.87.